The fourth-order valence-electron chi connectivity index (χ4n) is 1.67. The molecule has 4 N–H and O–H groups in total. The molecule has 0 radical (unpaired) electrons. The van der Waals surface area contributed by atoms with Gasteiger partial charge in [-0.15, -0.1) is 0 Å². The van der Waals surface area contributed by atoms with E-state index in [1.807, 2.05) is 44.2 Å². The van der Waals surface area contributed by atoms with Gasteiger partial charge in [0.05, 0.1) is 5.60 Å². The molecule has 0 fully saturated rings. The Balaban J connectivity index is 2.56. The van der Waals surface area contributed by atoms with E-state index in [-0.39, 0.29) is 12.5 Å². The molecule has 0 aliphatic heterocycles. The molecule has 1 aromatic carbocycles. The van der Waals surface area contributed by atoms with Crippen molar-refractivity contribution < 1.29 is 9.90 Å². The predicted octanol–water partition coefficient (Wildman–Crippen LogP) is 1.35. The Bertz CT molecular complexity index is 375. The number of benzene rings is 1. The third kappa shape index (κ3) is 3.82. The van der Waals surface area contributed by atoms with Crippen LogP contribution in [0.25, 0.3) is 0 Å². The Morgan fingerprint density at radius 1 is 1.33 bits per heavy atom. The Morgan fingerprint density at radius 2 is 1.89 bits per heavy atom. The van der Waals surface area contributed by atoms with Crippen LogP contribution in [0, 0.1) is 0 Å². The van der Waals surface area contributed by atoms with Crippen LogP contribution in [0.2, 0.25) is 0 Å². The van der Waals surface area contributed by atoms with E-state index in [1.54, 1.807) is 0 Å². The quantitative estimate of drug-likeness (QED) is 0.713. The maximum Gasteiger partial charge on any atom is 0.241 e. The van der Waals surface area contributed by atoms with Gasteiger partial charge in [-0.3, -0.25) is 4.79 Å². The van der Waals surface area contributed by atoms with Gasteiger partial charge in [0.25, 0.3) is 0 Å². The zero-order chi connectivity index (χ0) is 13.6. The third-order valence-electron chi connectivity index (χ3n) is 3.35. The number of aliphatic hydroxyl groups is 1. The van der Waals surface area contributed by atoms with Crippen molar-refractivity contribution in [1.29, 1.82) is 0 Å². The maximum atomic E-state index is 11.9. The lowest BCUT2D eigenvalue weighted by Crippen LogP contribution is -2.44. The van der Waals surface area contributed by atoms with E-state index in [4.69, 9.17) is 5.73 Å². The minimum Gasteiger partial charge on any atom is -0.388 e. The van der Waals surface area contributed by atoms with E-state index in [2.05, 4.69) is 5.32 Å². The molecule has 0 aromatic heterocycles. The van der Waals surface area contributed by atoms with E-state index in [1.165, 1.54) is 0 Å². The van der Waals surface area contributed by atoms with Crippen molar-refractivity contribution in [1.82, 2.24) is 5.32 Å². The number of hydrogen-bond donors (Lipinski definition) is 3. The smallest absolute Gasteiger partial charge is 0.241 e. The van der Waals surface area contributed by atoms with Crippen LogP contribution < -0.4 is 11.1 Å². The van der Waals surface area contributed by atoms with Crippen LogP contribution in [0.3, 0.4) is 0 Å². The topological polar surface area (TPSA) is 75.3 Å². The largest absolute Gasteiger partial charge is 0.388 e. The van der Waals surface area contributed by atoms with Crippen molar-refractivity contribution in [2.45, 2.75) is 38.3 Å². The van der Waals surface area contributed by atoms with Crippen LogP contribution in [-0.2, 0) is 4.79 Å². The van der Waals surface area contributed by atoms with Gasteiger partial charge in [0.1, 0.15) is 6.04 Å². The molecule has 0 heterocycles. The molecule has 1 atom stereocenters. The number of hydrogen-bond acceptors (Lipinski definition) is 3. The number of carbonyl (C=O) groups excluding carboxylic acids is 1. The summed E-state index contributed by atoms with van der Waals surface area (Å²) in [7, 11) is 0. The molecule has 0 aliphatic rings. The van der Waals surface area contributed by atoms with E-state index >= 15 is 0 Å². The van der Waals surface area contributed by atoms with Gasteiger partial charge in [-0.05, 0) is 18.4 Å². The van der Waals surface area contributed by atoms with Crippen LogP contribution in [0.5, 0.6) is 0 Å². The van der Waals surface area contributed by atoms with Crippen molar-refractivity contribution in [3.8, 4) is 0 Å². The van der Waals surface area contributed by atoms with Crippen molar-refractivity contribution in [2.75, 3.05) is 6.54 Å². The lowest BCUT2D eigenvalue weighted by molar-refractivity contribution is -0.123. The lowest BCUT2D eigenvalue weighted by atomic mass is 9.97. The van der Waals surface area contributed by atoms with Crippen molar-refractivity contribution in [2.24, 2.45) is 5.73 Å². The van der Waals surface area contributed by atoms with Crippen LogP contribution in [-0.4, -0.2) is 23.2 Å². The van der Waals surface area contributed by atoms with Gasteiger partial charge in [0.2, 0.25) is 5.91 Å². The number of rotatable bonds is 6. The monoisotopic (exact) mass is 250 g/mol. The highest BCUT2D eigenvalue weighted by atomic mass is 16.3. The second-order valence-electron chi connectivity index (χ2n) is 4.54. The normalized spacial score (nSPS) is 13.1. The molecule has 100 valence electrons. The number of nitrogens with one attached hydrogen (secondary N) is 1. The Hall–Kier alpha value is -1.39. The molecule has 1 rings (SSSR count). The minimum absolute atomic E-state index is 0.235. The summed E-state index contributed by atoms with van der Waals surface area (Å²) in [6.45, 7) is 4.03. The summed E-state index contributed by atoms with van der Waals surface area (Å²) in [4.78, 5) is 11.9. The number of carbonyl (C=O) groups is 1. The summed E-state index contributed by atoms with van der Waals surface area (Å²) >= 11 is 0. The van der Waals surface area contributed by atoms with E-state index in [9.17, 15) is 9.90 Å². The van der Waals surface area contributed by atoms with Gasteiger partial charge in [0, 0.05) is 6.54 Å². The van der Waals surface area contributed by atoms with Gasteiger partial charge in [-0.25, -0.2) is 0 Å². The maximum absolute atomic E-state index is 11.9. The molecule has 0 bridgehead atoms. The molecule has 0 unspecified atom stereocenters. The number of amides is 1. The summed E-state index contributed by atoms with van der Waals surface area (Å²) in [6, 6.07) is 8.50. The zero-order valence-electron chi connectivity index (χ0n) is 11.0. The fourth-order valence-corrected chi connectivity index (χ4v) is 1.67. The zero-order valence-corrected chi connectivity index (χ0v) is 11.0. The Labute approximate surface area is 108 Å². The van der Waals surface area contributed by atoms with Crippen LogP contribution >= 0.6 is 0 Å². The van der Waals surface area contributed by atoms with Crippen molar-refractivity contribution in [3.63, 3.8) is 0 Å². The fraction of sp³-hybridized carbons (Fsp3) is 0.500. The standard InChI is InChI=1S/C14H22N2O2/c1-3-14(18,4-2)10-16-13(17)12(15)11-8-6-5-7-9-11/h5-9,12,18H,3-4,10,15H2,1-2H3,(H,16,17)/t12-/m1/s1. The second kappa shape index (κ2) is 6.52. The van der Waals surface area contributed by atoms with Crippen LogP contribution in [0.1, 0.15) is 38.3 Å². The molecule has 0 saturated heterocycles. The first-order valence-corrected chi connectivity index (χ1v) is 6.33. The molecule has 0 saturated carbocycles. The van der Waals surface area contributed by atoms with E-state index in [0.29, 0.717) is 12.8 Å². The Morgan fingerprint density at radius 3 is 2.39 bits per heavy atom. The second-order valence-corrected chi connectivity index (χ2v) is 4.54. The van der Waals surface area contributed by atoms with Gasteiger partial charge < -0.3 is 16.2 Å². The predicted molar refractivity (Wildman–Crippen MR) is 71.9 cm³/mol. The Kier molecular flexibility index (Phi) is 5.31. The van der Waals surface area contributed by atoms with Gasteiger partial charge >= 0.3 is 0 Å². The molecule has 18 heavy (non-hydrogen) atoms. The molecule has 4 nitrogen and oxygen atoms in total. The highest BCUT2D eigenvalue weighted by Crippen LogP contribution is 2.14. The average Bonchev–Trinajstić information content (AvgIpc) is 2.44. The number of nitrogens with two attached hydrogens (primary N) is 1. The summed E-state index contributed by atoms with van der Waals surface area (Å²) in [6.07, 6.45) is 1.20. The van der Waals surface area contributed by atoms with Crippen LogP contribution in [0.15, 0.2) is 30.3 Å². The summed E-state index contributed by atoms with van der Waals surface area (Å²) in [5.74, 6) is -0.262. The highest BCUT2D eigenvalue weighted by Gasteiger charge is 2.24. The summed E-state index contributed by atoms with van der Waals surface area (Å²) < 4.78 is 0. The lowest BCUT2D eigenvalue weighted by Gasteiger charge is -2.26. The third-order valence-corrected chi connectivity index (χ3v) is 3.35. The first kappa shape index (κ1) is 14.7. The molecule has 4 heteroatoms. The average molecular weight is 250 g/mol. The van der Waals surface area contributed by atoms with Gasteiger partial charge in [0.15, 0.2) is 0 Å². The van der Waals surface area contributed by atoms with E-state index < -0.39 is 11.6 Å². The van der Waals surface area contributed by atoms with Crippen molar-refractivity contribution >= 4 is 5.91 Å². The van der Waals surface area contributed by atoms with E-state index in [0.717, 1.165) is 5.56 Å². The van der Waals surface area contributed by atoms with Crippen molar-refractivity contribution in [3.05, 3.63) is 35.9 Å². The minimum atomic E-state index is -0.841. The van der Waals surface area contributed by atoms with Gasteiger partial charge in [-0.1, -0.05) is 44.2 Å². The molecule has 1 aromatic rings. The highest BCUT2D eigenvalue weighted by molar-refractivity contribution is 5.82. The molecule has 1 amide bonds. The SMILES string of the molecule is CCC(O)(CC)CNC(=O)[C@H](N)c1ccccc1. The first-order valence-electron chi connectivity index (χ1n) is 6.33. The first-order chi connectivity index (χ1) is 8.52. The summed E-state index contributed by atoms with van der Waals surface area (Å²) in [5.41, 5.74) is 5.79. The molecular weight excluding hydrogens is 228 g/mol. The van der Waals surface area contributed by atoms with Gasteiger partial charge in [-0.2, -0.15) is 0 Å². The molecule has 0 spiro atoms. The summed E-state index contributed by atoms with van der Waals surface area (Å²) in [5, 5.41) is 12.8. The molecule has 0 aliphatic carbocycles. The van der Waals surface area contributed by atoms with Crippen LogP contribution in [0.4, 0.5) is 0 Å². The molecular formula is C14H22N2O2.